The summed E-state index contributed by atoms with van der Waals surface area (Å²) in [6.45, 7) is 2.60. The number of rotatable bonds is 1. The number of hydrogen-bond donors (Lipinski definition) is 1. The van der Waals surface area contributed by atoms with Gasteiger partial charge in [-0.3, -0.25) is 9.78 Å². The molecule has 0 atom stereocenters. The second-order valence-electron chi connectivity index (χ2n) is 4.25. The number of aryl methyl sites for hydroxylation is 1. The van der Waals surface area contributed by atoms with Crippen LogP contribution in [0.2, 0.25) is 0 Å². The van der Waals surface area contributed by atoms with Gasteiger partial charge in [0.05, 0.1) is 0 Å². The van der Waals surface area contributed by atoms with Gasteiger partial charge >= 0.3 is 0 Å². The molecule has 1 aromatic heterocycles. The number of amides is 1. The van der Waals surface area contributed by atoms with Crippen LogP contribution in [0.5, 0.6) is 0 Å². The van der Waals surface area contributed by atoms with Gasteiger partial charge in [-0.1, -0.05) is 12.1 Å². The lowest BCUT2D eigenvalue weighted by molar-refractivity contribution is 0.0965. The Morgan fingerprint density at radius 3 is 2.94 bits per heavy atom. The van der Waals surface area contributed by atoms with Crippen LogP contribution in [0.25, 0.3) is 11.1 Å². The molecule has 2 aromatic rings. The average molecular weight is 224 g/mol. The van der Waals surface area contributed by atoms with Crippen LogP contribution in [-0.2, 0) is 6.54 Å². The van der Waals surface area contributed by atoms with Crippen LogP contribution in [0.4, 0.5) is 0 Å². The SMILES string of the molecule is Cc1cc(-c2cccnc2)cc2c1C(=O)NC2. The van der Waals surface area contributed by atoms with Crippen molar-refractivity contribution in [2.75, 3.05) is 0 Å². The molecular weight excluding hydrogens is 212 g/mol. The molecule has 0 bridgehead atoms. The molecule has 0 saturated carbocycles. The maximum atomic E-state index is 11.6. The molecule has 2 heterocycles. The Morgan fingerprint density at radius 2 is 2.18 bits per heavy atom. The molecule has 1 aromatic carbocycles. The van der Waals surface area contributed by atoms with E-state index in [4.69, 9.17) is 0 Å². The van der Waals surface area contributed by atoms with Gasteiger partial charge in [-0.15, -0.1) is 0 Å². The predicted octanol–water partition coefficient (Wildman–Crippen LogP) is 2.30. The lowest BCUT2D eigenvalue weighted by Gasteiger charge is -2.06. The monoisotopic (exact) mass is 224 g/mol. The van der Waals surface area contributed by atoms with Gasteiger partial charge in [-0.25, -0.2) is 0 Å². The summed E-state index contributed by atoms with van der Waals surface area (Å²) >= 11 is 0. The van der Waals surface area contributed by atoms with Crippen molar-refractivity contribution in [1.82, 2.24) is 10.3 Å². The Kier molecular flexibility index (Phi) is 2.18. The van der Waals surface area contributed by atoms with Gasteiger partial charge in [-0.2, -0.15) is 0 Å². The summed E-state index contributed by atoms with van der Waals surface area (Å²) < 4.78 is 0. The van der Waals surface area contributed by atoms with E-state index in [0.717, 1.165) is 27.8 Å². The van der Waals surface area contributed by atoms with E-state index in [-0.39, 0.29) is 5.91 Å². The van der Waals surface area contributed by atoms with Crippen LogP contribution in [0, 0.1) is 6.92 Å². The fourth-order valence-corrected chi connectivity index (χ4v) is 2.29. The van der Waals surface area contributed by atoms with E-state index in [2.05, 4.69) is 16.4 Å². The summed E-state index contributed by atoms with van der Waals surface area (Å²) in [7, 11) is 0. The first-order valence-electron chi connectivity index (χ1n) is 5.58. The first kappa shape index (κ1) is 10.0. The molecule has 1 aliphatic rings. The fraction of sp³-hybridized carbons (Fsp3) is 0.143. The summed E-state index contributed by atoms with van der Waals surface area (Å²) in [6, 6.07) is 8.05. The molecule has 17 heavy (non-hydrogen) atoms. The van der Waals surface area contributed by atoms with Gasteiger partial charge in [0, 0.05) is 30.1 Å². The third-order valence-electron chi connectivity index (χ3n) is 3.08. The van der Waals surface area contributed by atoms with E-state index in [0.29, 0.717) is 6.54 Å². The normalized spacial score (nSPS) is 13.4. The van der Waals surface area contributed by atoms with Crippen molar-refractivity contribution in [3.8, 4) is 11.1 Å². The van der Waals surface area contributed by atoms with E-state index < -0.39 is 0 Å². The molecule has 1 aliphatic heterocycles. The highest BCUT2D eigenvalue weighted by molar-refractivity contribution is 6.00. The molecule has 1 N–H and O–H groups in total. The van der Waals surface area contributed by atoms with Crippen molar-refractivity contribution in [3.05, 3.63) is 53.3 Å². The Hall–Kier alpha value is -2.16. The van der Waals surface area contributed by atoms with Gasteiger partial charge in [-0.05, 0) is 35.7 Å². The fourth-order valence-electron chi connectivity index (χ4n) is 2.29. The van der Waals surface area contributed by atoms with E-state index >= 15 is 0 Å². The number of hydrogen-bond acceptors (Lipinski definition) is 2. The van der Waals surface area contributed by atoms with Gasteiger partial charge in [0.15, 0.2) is 0 Å². The first-order valence-corrected chi connectivity index (χ1v) is 5.58. The van der Waals surface area contributed by atoms with Crippen molar-refractivity contribution in [2.24, 2.45) is 0 Å². The van der Waals surface area contributed by atoms with E-state index in [1.807, 2.05) is 31.3 Å². The molecule has 3 nitrogen and oxygen atoms in total. The number of carbonyl (C=O) groups is 1. The quantitative estimate of drug-likeness (QED) is 0.807. The largest absolute Gasteiger partial charge is 0.348 e. The number of fused-ring (bicyclic) bond motifs is 1. The molecule has 0 radical (unpaired) electrons. The van der Waals surface area contributed by atoms with Crippen LogP contribution < -0.4 is 5.32 Å². The van der Waals surface area contributed by atoms with Gasteiger partial charge in [0.25, 0.3) is 5.91 Å². The summed E-state index contributed by atoms with van der Waals surface area (Å²) in [5.74, 6) is 0.0373. The summed E-state index contributed by atoms with van der Waals surface area (Å²) in [5.41, 5.74) is 5.13. The Morgan fingerprint density at radius 1 is 1.29 bits per heavy atom. The van der Waals surface area contributed by atoms with Crippen LogP contribution in [0.3, 0.4) is 0 Å². The van der Waals surface area contributed by atoms with Crippen molar-refractivity contribution < 1.29 is 4.79 Å². The molecule has 0 saturated heterocycles. The van der Waals surface area contributed by atoms with Crippen LogP contribution in [0.15, 0.2) is 36.7 Å². The number of benzene rings is 1. The summed E-state index contributed by atoms with van der Waals surface area (Å²) in [6.07, 6.45) is 3.60. The van der Waals surface area contributed by atoms with Crippen LogP contribution in [0.1, 0.15) is 21.5 Å². The maximum Gasteiger partial charge on any atom is 0.252 e. The lowest BCUT2D eigenvalue weighted by atomic mass is 9.97. The highest BCUT2D eigenvalue weighted by Crippen LogP contribution is 2.27. The number of nitrogens with one attached hydrogen (secondary N) is 1. The minimum atomic E-state index is 0.0373. The Bertz CT molecular complexity index is 591. The number of pyridine rings is 1. The molecule has 1 amide bonds. The highest BCUT2D eigenvalue weighted by atomic mass is 16.1. The zero-order valence-corrected chi connectivity index (χ0v) is 9.53. The minimum Gasteiger partial charge on any atom is -0.348 e. The van der Waals surface area contributed by atoms with E-state index in [9.17, 15) is 4.79 Å². The lowest BCUT2D eigenvalue weighted by Crippen LogP contribution is -2.13. The van der Waals surface area contributed by atoms with E-state index in [1.54, 1.807) is 6.20 Å². The molecule has 0 fully saturated rings. The average Bonchev–Trinajstić information content (AvgIpc) is 2.73. The number of carbonyl (C=O) groups excluding carboxylic acids is 1. The molecule has 84 valence electrons. The van der Waals surface area contributed by atoms with Crippen molar-refractivity contribution in [2.45, 2.75) is 13.5 Å². The molecule has 0 spiro atoms. The zero-order valence-electron chi connectivity index (χ0n) is 9.53. The summed E-state index contributed by atoms with van der Waals surface area (Å²) in [4.78, 5) is 15.7. The zero-order chi connectivity index (χ0) is 11.8. The molecular formula is C14H12N2O. The smallest absolute Gasteiger partial charge is 0.252 e. The number of nitrogens with zero attached hydrogens (tertiary/aromatic N) is 1. The molecule has 3 heteroatoms. The first-order chi connectivity index (χ1) is 8.25. The van der Waals surface area contributed by atoms with Crippen LogP contribution in [-0.4, -0.2) is 10.9 Å². The minimum absolute atomic E-state index is 0.0373. The van der Waals surface area contributed by atoms with Crippen LogP contribution >= 0.6 is 0 Å². The van der Waals surface area contributed by atoms with Crippen molar-refractivity contribution >= 4 is 5.91 Å². The second-order valence-corrected chi connectivity index (χ2v) is 4.25. The highest BCUT2D eigenvalue weighted by Gasteiger charge is 2.21. The van der Waals surface area contributed by atoms with Gasteiger partial charge in [0.2, 0.25) is 0 Å². The third-order valence-corrected chi connectivity index (χ3v) is 3.08. The van der Waals surface area contributed by atoms with Crippen molar-refractivity contribution in [1.29, 1.82) is 0 Å². The number of aromatic nitrogens is 1. The maximum absolute atomic E-state index is 11.6. The summed E-state index contributed by atoms with van der Waals surface area (Å²) in [5, 5.41) is 2.85. The third kappa shape index (κ3) is 1.60. The van der Waals surface area contributed by atoms with Gasteiger partial charge < -0.3 is 5.32 Å². The standard InChI is InChI=1S/C14H12N2O/c1-9-5-11(10-3-2-4-15-7-10)6-12-8-16-14(17)13(9)12/h2-7H,8H2,1H3,(H,16,17). The molecule has 3 rings (SSSR count). The van der Waals surface area contributed by atoms with Crippen molar-refractivity contribution in [3.63, 3.8) is 0 Å². The molecule has 0 aliphatic carbocycles. The van der Waals surface area contributed by atoms with E-state index in [1.165, 1.54) is 0 Å². The van der Waals surface area contributed by atoms with Gasteiger partial charge in [0.1, 0.15) is 0 Å². The molecule has 0 unspecified atom stereocenters. The Balaban J connectivity index is 2.16. The predicted molar refractivity (Wildman–Crippen MR) is 65.6 cm³/mol. The Labute approximate surface area is 99.5 Å². The second kappa shape index (κ2) is 3.70. The topological polar surface area (TPSA) is 42.0 Å².